The van der Waals surface area contributed by atoms with E-state index in [9.17, 15) is 9.65 Å². The second-order valence-electron chi connectivity index (χ2n) is 9.30. The molecule has 33 heavy (non-hydrogen) atoms. The van der Waals surface area contributed by atoms with E-state index >= 15 is 0 Å². The molecule has 0 unspecified atom stereocenters. The van der Waals surface area contributed by atoms with Crippen molar-refractivity contribution in [1.29, 1.82) is 5.26 Å². The van der Waals surface area contributed by atoms with Gasteiger partial charge in [0.2, 0.25) is 11.9 Å². The summed E-state index contributed by atoms with van der Waals surface area (Å²) in [7, 11) is 0. The lowest BCUT2D eigenvalue weighted by atomic mass is 9.91. The van der Waals surface area contributed by atoms with Crippen LogP contribution in [0.4, 0.5) is 22.0 Å². The van der Waals surface area contributed by atoms with Crippen LogP contribution >= 0.6 is 0 Å². The van der Waals surface area contributed by atoms with Crippen LogP contribution in [0, 0.1) is 17.2 Å². The van der Waals surface area contributed by atoms with Gasteiger partial charge in [0, 0.05) is 18.4 Å². The highest BCUT2D eigenvalue weighted by molar-refractivity contribution is 5.59. The van der Waals surface area contributed by atoms with E-state index in [2.05, 4.69) is 41.6 Å². The van der Waals surface area contributed by atoms with Crippen molar-refractivity contribution >= 4 is 17.6 Å². The molecule has 0 saturated heterocycles. The molecule has 0 atom stereocenters. The number of aromatic nitrogens is 5. The van der Waals surface area contributed by atoms with E-state index in [1.165, 1.54) is 26.7 Å². The van der Waals surface area contributed by atoms with Gasteiger partial charge in [0.1, 0.15) is 11.4 Å². The van der Waals surface area contributed by atoms with Crippen LogP contribution in [0.1, 0.15) is 51.9 Å². The molecule has 2 N–H and O–H groups in total. The Kier molecular flexibility index (Phi) is 5.93. The number of hydrogen-bond acceptors (Lipinski definition) is 8. The number of rotatable bonds is 8. The van der Waals surface area contributed by atoms with E-state index in [0.29, 0.717) is 46.4 Å². The number of nitrogens with zero attached hydrogens (tertiary/aromatic N) is 6. The topological polar surface area (TPSA) is 112 Å². The summed E-state index contributed by atoms with van der Waals surface area (Å²) in [6.45, 7) is 7.33. The molecule has 3 heterocycles. The molecule has 3 aromatic heterocycles. The molecule has 3 aromatic rings. The van der Waals surface area contributed by atoms with Gasteiger partial charge in [0.25, 0.3) is 0 Å². The number of alkyl halides is 1. The quantitative estimate of drug-likeness (QED) is 0.502. The van der Waals surface area contributed by atoms with E-state index < -0.39 is 11.1 Å². The average molecular weight is 447 g/mol. The zero-order chi connectivity index (χ0) is 23.6. The zero-order valence-corrected chi connectivity index (χ0v) is 19.2. The van der Waals surface area contributed by atoms with Crippen LogP contribution in [0.25, 0.3) is 11.5 Å². The monoisotopic (exact) mass is 446 g/mol. The van der Waals surface area contributed by atoms with Crippen molar-refractivity contribution in [3.8, 4) is 17.6 Å². The summed E-state index contributed by atoms with van der Waals surface area (Å²) < 4.78 is 14.5. The Bertz CT molecular complexity index is 1190. The normalized spacial score (nSPS) is 13.9. The molecule has 8 nitrogen and oxygen atoms in total. The standard InChI is InChI=1S/C24H27FN8/c1-23(2,14-26)19-12-16(10-11-27-19)29-22-32-20(31-21(33-22)28-13-15-8-9-15)17-6-5-7-18(30-17)24(3,4)25/h5-7,10-12,15H,8-9,13H2,1-4H3,(H2,27,28,29,31,32,33). The highest BCUT2D eigenvalue weighted by Crippen LogP contribution is 2.30. The lowest BCUT2D eigenvalue weighted by molar-refractivity contribution is 0.214. The van der Waals surface area contributed by atoms with Gasteiger partial charge in [-0.15, -0.1) is 0 Å². The van der Waals surface area contributed by atoms with Crippen LogP contribution in [0.15, 0.2) is 36.5 Å². The third kappa shape index (κ3) is 5.58. The molecular formula is C24H27FN8. The van der Waals surface area contributed by atoms with E-state index in [-0.39, 0.29) is 0 Å². The number of pyridine rings is 2. The van der Waals surface area contributed by atoms with Gasteiger partial charge in [0.05, 0.1) is 22.9 Å². The number of anilines is 3. The Morgan fingerprint density at radius 3 is 2.48 bits per heavy atom. The first-order chi connectivity index (χ1) is 15.6. The second kappa shape index (κ2) is 8.70. The average Bonchev–Trinajstić information content (AvgIpc) is 3.62. The Morgan fingerprint density at radius 1 is 1.03 bits per heavy atom. The summed E-state index contributed by atoms with van der Waals surface area (Å²) in [6.07, 6.45) is 4.03. The first-order valence-electron chi connectivity index (χ1n) is 11.0. The first-order valence-corrected chi connectivity index (χ1v) is 11.0. The van der Waals surface area contributed by atoms with E-state index in [0.717, 1.165) is 6.54 Å². The maximum absolute atomic E-state index is 14.5. The zero-order valence-electron chi connectivity index (χ0n) is 19.2. The summed E-state index contributed by atoms with van der Waals surface area (Å²) in [5.74, 6) is 1.71. The molecule has 9 heteroatoms. The Balaban J connectivity index is 1.69. The van der Waals surface area contributed by atoms with Gasteiger partial charge in [-0.2, -0.15) is 20.2 Å². The van der Waals surface area contributed by atoms with Gasteiger partial charge >= 0.3 is 0 Å². The second-order valence-corrected chi connectivity index (χ2v) is 9.30. The highest BCUT2D eigenvalue weighted by Gasteiger charge is 2.24. The van der Waals surface area contributed by atoms with Crippen molar-refractivity contribution in [2.45, 2.75) is 51.6 Å². The number of nitrogens with one attached hydrogen (secondary N) is 2. The first kappa shape index (κ1) is 22.5. The third-order valence-electron chi connectivity index (χ3n) is 5.40. The number of hydrogen-bond donors (Lipinski definition) is 2. The summed E-state index contributed by atoms with van der Waals surface area (Å²) in [6, 6.07) is 11.0. The van der Waals surface area contributed by atoms with Gasteiger partial charge in [-0.3, -0.25) is 4.98 Å². The van der Waals surface area contributed by atoms with Crippen LogP contribution in [0.5, 0.6) is 0 Å². The third-order valence-corrected chi connectivity index (χ3v) is 5.40. The van der Waals surface area contributed by atoms with Gasteiger partial charge in [-0.1, -0.05) is 6.07 Å². The fraction of sp³-hybridized carbons (Fsp3) is 0.417. The largest absolute Gasteiger partial charge is 0.354 e. The lowest BCUT2D eigenvalue weighted by Crippen LogP contribution is -2.16. The lowest BCUT2D eigenvalue weighted by Gasteiger charge is -2.16. The number of halogens is 1. The fourth-order valence-corrected chi connectivity index (χ4v) is 3.11. The molecule has 0 aliphatic heterocycles. The molecule has 0 aromatic carbocycles. The van der Waals surface area contributed by atoms with E-state index in [1.807, 2.05) is 13.8 Å². The van der Waals surface area contributed by atoms with Crippen molar-refractivity contribution < 1.29 is 4.39 Å². The van der Waals surface area contributed by atoms with Crippen LogP contribution in [0.2, 0.25) is 0 Å². The SMILES string of the molecule is CC(C)(F)c1cccc(-c2nc(NCC3CC3)nc(Nc3ccnc(C(C)(C)C#N)c3)n2)n1. The highest BCUT2D eigenvalue weighted by atomic mass is 19.1. The molecule has 1 aliphatic rings. The Labute approximate surface area is 192 Å². The maximum Gasteiger partial charge on any atom is 0.232 e. The van der Waals surface area contributed by atoms with Gasteiger partial charge in [-0.25, -0.2) is 9.37 Å². The Hall–Kier alpha value is -3.67. The molecule has 0 bridgehead atoms. The molecular weight excluding hydrogens is 419 g/mol. The van der Waals surface area contributed by atoms with Crippen LogP contribution in [-0.4, -0.2) is 31.5 Å². The predicted molar refractivity (Wildman–Crippen MR) is 125 cm³/mol. The molecule has 170 valence electrons. The molecule has 1 saturated carbocycles. The smallest absolute Gasteiger partial charge is 0.232 e. The summed E-state index contributed by atoms with van der Waals surface area (Å²) >= 11 is 0. The number of nitriles is 1. The van der Waals surface area contributed by atoms with Gasteiger partial charge < -0.3 is 10.6 Å². The van der Waals surface area contributed by atoms with Crippen molar-refractivity contribution in [2.75, 3.05) is 17.2 Å². The van der Waals surface area contributed by atoms with Crippen molar-refractivity contribution in [3.05, 3.63) is 47.9 Å². The summed E-state index contributed by atoms with van der Waals surface area (Å²) in [5.41, 5.74) is -0.226. The van der Waals surface area contributed by atoms with Crippen LogP contribution < -0.4 is 10.6 Å². The summed E-state index contributed by atoms with van der Waals surface area (Å²) in [4.78, 5) is 22.3. The maximum atomic E-state index is 14.5. The van der Waals surface area contributed by atoms with Crippen molar-refractivity contribution in [2.24, 2.45) is 5.92 Å². The van der Waals surface area contributed by atoms with Gasteiger partial charge in [-0.05, 0) is 70.7 Å². The molecule has 1 aliphatic carbocycles. The minimum absolute atomic E-state index is 0.305. The van der Waals surface area contributed by atoms with Crippen LogP contribution in [0.3, 0.4) is 0 Å². The summed E-state index contributed by atoms with van der Waals surface area (Å²) in [5, 5.41) is 15.9. The fourth-order valence-electron chi connectivity index (χ4n) is 3.11. The molecule has 0 spiro atoms. The molecule has 0 amide bonds. The van der Waals surface area contributed by atoms with Gasteiger partial charge in [0.15, 0.2) is 5.82 Å². The van der Waals surface area contributed by atoms with E-state index in [1.54, 1.807) is 36.5 Å². The van der Waals surface area contributed by atoms with Crippen LogP contribution in [-0.2, 0) is 11.1 Å². The molecule has 0 radical (unpaired) electrons. The molecule has 1 fully saturated rings. The minimum Gasteiger partial charge on any atom is -0.354 e. The molecule has 4 rings (SSSR count). The van der Waals surface area contributed by atoms with E-state index in [4.69, 9.17) is 0 Å². The predicted octanol–water partition coefficient (Wildman–Crippen LogP) is 4.90. The Morgan fingerprint density at radius 2 is 1.79 bits per heavy atom. The van der Waals surface area contributed by atoms with Crippen molar-refractivity contribution in [1.82, 2.24) is 24.9 Å². The van der Waals surface area contributed by atoms with Crippen molar-refractivity contribution in [3.63, 3.8) is 0 Å². The minimum atomic E-state index is -1.59.